The van der Waals surface area contributed by atoms with Crippen molar-refractivity contribution in [3.05, 3.63) is 23.5 Å². The average Bonchev–Trinajstić information content (AvgIpc) is 2.67. The molecule has 1 aliphatic heterocycles. The fraction of sp³-hybridized carbons (Fsp3) is 0.632. The Morgan fingerprint density at radius 3 is 2.52 bits per heavy atom. The predicted molar refractivity (Wildman–Crippen MR) is 101 cm³/mol. The minimum atomic E-state index is -0.633. The second-order valence-corrected chi connectivity index (χ2v) is 6.75. The van der Waals surface area contributed by atoms with Crippen LogP contribution in [0.5, 0.6) is 0 Å². The van der Waals surface area contributed by atoms with E-state index in [0.29, 0.717) is 43.2 Å². The van der Waals surface area contributed by atoms with Crippen molar-refractivity contribution >= 4 is 17.5 Å². The third-order valence-corrected chi connectivity index (χ3v) is 4.26. The molecule has 1 heterocycles. The summed E-state index contributed by atoms with van der Waals surface area (Å²) >= 11 is 0. The van der Waals surface area contributed by atoms with Crippen LogP contribution in [0.15, 0.2) is 12.1 Å². The van der Waals surface area contributed by atoms with Crippen molar-refractivity contribution in [1.29, 1.82) is 0 Å². The third-order valence-electron chi connectivity index (χ3n) is 4.26. The molecule has 0 bridgehead atoms. The van der Waals surface area contributed by atoms with E-state index < -0.39 is 18.2 Å². The molecule has 8 heteroatoms. The van der Waals surface area contributed by atoms with Crippen molar-refractivity contribution in [2.45, 2.75) is 26.6 Å². The summed E-state index contributed by atoms with van der Waals surface area (Å²) in [6, 6.07) is 3.35. The number of hydrogen-bond donors (Lipinski definition) is 1. The lowest BCUT2D eigenvalue weighted by atomic mass is 10.1. The first kappa shape index (κ1) is 21.4. The van der Waals surface area contributed by atoms with Crippen molar-refractivity contribution in [2.75, 3.05) is 57.3 Å². The number of halogens is 1. The highest BCUT2D eigenvalue weighted by atomic mass is 19.1. The number of rotatable bonds is 8. The Labute approximate surface area is 159 Å². The molecule has 0 atom stereocenters. The summed E-state index contributed by atoms with van der Waals surface area (Å²) in [5.74, 6) is -0.195. The Balaban J connectivity index is 2.27. The zero-order valence-electron chi connectivity index (χ0n) is 16.4. The lowest BCUT2D eigenvalue weighted by Crippen LogP contribution is -2.37. The van der Waals surface area contributed by atoms with Gasteiger partial charge < -0.3 is 23.8 Å². The van der Waals surface area contributed by atoms with Crippen LogP contribution in [-0.4, -0.2) is 59.5 Å². The number of methoxy groups -OCH3 is 2. The van der Waals surface area contributed by atoms with Crippen molar-refractivity contribution in [3.8, 4) is 0 Å². The van der Waals surface area contributed by atoms with Gasteiger partial charge in [0.15, 0.2) is 12.1 Å². The minimum Gasteiger partial charge on any atom is -0.449 e. The summed E-state index contributed by atoms with van der Waals surface area (Å²) in [7, 11) is 2.98. The number of nitrogens with zero attached hydrogens (tertiary/aromatic N) is 1. The van der Waals surface area contributed by atoms with Gasteiger partial charge in [0, 0.05) is 39.3 Å². The standard InChI is InChI=1S/C19H29FN2O5/c1-13(2)12-27-19(23)21-15-5-6-16(22-7-9-26-10-8-22)18(20)14(15)11-17(24-3)25-4/h5-6,13,17H,7-12H2,1-4H3,(H,21,23). The molecular formula is C19H29FN2O5. The number of ether oxygens (including phenoxy) is 4. The topological polar surface area (TPSA) is 69.3 Å². The highest BCUT2D eigenvalue weighted by Crippen LogP contribution is 2.30. The monoisotopic (exact) mass is 384 g/mol. The van der Waals surface area contributed by atoms with Crippen LogP contribution in [0.4, 0.5) is 20.6 Å². The fourth-order valence-corrected chi connectivity index (χ4v) is 2.79. The predicted octanol–water partition coefficient (Wildman–Crippen LogP) is 3.03. The molecule has 0 radical (unpaired) electrons. The molecule has 0 saturated carbocycles. The smallest absolute Gasteiger partial charge is 0.411 e. The average molecular weight is 384 g/mol. The molecule has 1 amide bonds. The van der Waals surface area contributed by atoms with Crippen LogP contribution in [0.2, 0.25) is 0 Å². The van der Waals surface area contributed by atoms with Crippen molar-refractivity contribution < 1.29 is 28.1 Å². The van der Waals surface area contributed by atoms with Crippen LogP contribution in [0.25, 0.3) is 0 Å². The lowest BCUT2D eigenvalue weighted by molar-refractivity contribution is -0.101. The second kappa shape index (κ2) is 10.4. The van der Waals surface area contributed by atoms with E-state index >= 15 is 4.39 Å². The van der Waals surface area contributed by atoms with Crippen LogP contribution < -0.4 is 10.2 Å². The van der Waals surface area contributed by atoms with Gasteiger partial charge in [-0.3, -0.25) is 5.32 Å². The Morgan fingerprint density at radius 1 is 1.26 bits per heavy atom. The fourth-order valence-electron chi connectivity index (χ4n) is 2.79. The molecular weight excluding hydrogens is 355 g/mol. The molecule has 0 aliphatic carbocycles. The van der Waals surface area contributed by atoms with Gasteiger partial charge in [0.2, 0.25) is 0 Å². The van der Waals surface area contributed by atoms with Crippen LogP contribution in [0.1, 0.15) is 19.4 Å². The Bertz CT molecular complexity index is 616. The van der Waals surface area contributed by atoms with E-state index in [4.69, 9.17) is 18.9 Å². The van der Waals surface area contributed by atoms with Crippen molar-refractivity contribution in [2.24, 2.45) is 5.92 Å². The van der Waals surface area contributed by atoms with Gasteiger partial charge in [0.1, 0.15) is 0 Å². The molecule has 7 nitrogen and oxygen atoms in total. The largest absolute Gasteiger partial charge is 0.449 e. The van der Waals surface area contributed by atoms with E-state index in [-0.39, 0.29) is 18.9 Å². The Hall–Kier alpha value is -1.90. The number of benzene rings is 1. The Morgan fingerprint density at radius 2 is 1.93 bits per heavy atom. The van der Waals surface area contributed by atoms with Gasteiger partial charge in [-0.15, -0.1) is 0 Å². The zero-order valence-corrected chi connectivity index (χ0v) is 16.4. The molecule has 1 N–H and O–H groups in total. The maximum absolute atomic E-state index is 15.3. The summed E-state index contributed by atoms with van der Waals surface area (Å²) in [4.78, 5) is 14.0. The van der Waals surface area contributed by atoms with E-state index in [1.807, 2.05) is 18.7 Å². The highest BCUT2D eigenvalue weighted by Gasteiger charge is 2.23. The van der Waals surface area contributed by atoms with Gasteiger partial charge in [-0.25, -0.2) is 9.18 Å². The summed E-state index contributed by atoms with van der Waals surface area (Å²) in [5, 5.41) is 2.63. The number of anilines is 2. The molecule has 2 rings (SSSR count). The SMILES string of the molecule is COC(Cc1c(NC(=O)OCC(C)C)ccc(N2CCOCC2)c1F)OC. The normalized spacial score (nSPS) is 14.7. The summed E-state index contributed by atoms with van der Waals surface area (Å²) in [5.41, 5.74) is 1.13. The molecule has 27 heavy (non-hydrogen) atoms. The molecule has 0 aromatic heterocycles. The molecule has 1 fully saturated rings. The van der Waals surface area contributed by atoms with E-state index in [0.717, 1.165) is 0 Å². The second-order valence-electron chi connectivity index (χ2n) is 6.75. The number of nitrogens with one attached hydrogen (secondary N) is 1. The van der Waals surface area contributed by atoms with Gasteiger partial charge in [0.05, 0.1) is 31.2 Å². The van der Waals surface area contributed by atoms with Gasteiger partial charge in [-0.1, -0.05) is 13.8 Å². The number of carbonyl (C=O) groups is 1. The third kappa shape index (κ3) is 6.05. The maximum atomic E-state index is 15.3. The highest BCUT2D eigenvalue weighted by molar-refractivity contribution is 5.86. The zero-order chi connectivity index (χ0) is 19.8. The number of morpholine rings is 1. The maximum Gasteiger partial charge on any atom is 0.411 e. The lowest BCUT2D eigenvalue weighted by Gasteiger charge is -2.30. The Kier molecular flexibility index (Phi) is 8.27. The summed E-state index contributed by atoms with van der Waals surface area (Å²) in [6.07, 6.45) is -1.10. The molecule has 1 aliphatic rings. The van der Waals surface area contributed by atoms with Gasteiger partial charge in [-0.05, 0) is 18.1 Å². The minimum absolute atomic E-state index is 0.150. The molecule has 0 unspecified atom stereocenters. The van der Waals surface area contributed by atoms with Gasteiger partial charge in [-0.2, -0.15) is 0 Å². The van der Waals surface area contributed by atoms with E-state index in [2.05, 4.69) is 5.32 Å². The van der Waals surface area contributed by atoms with Gasteiger partial charge >= 0.3 is 6.09 Å². The molecule has 152 valence electrons. The summed E-state index contributed by atoms with van der Waals surface area (Å²) in [6.45, 7) is 6.49. The quantitative estimate of drug-likeness (QED) is 0.695. The number of amides is 1. The van der Waals surface area contributed by atoms with Crippen LogP contribution >= 0.6 is 0 Å². The first-order chi connectivity index (χ1) is 13.0. The van der Waals surface area contributed by atoms with Crippen molar-refractivity contribution in [3.63, 3.8) is 0 Å². The van der Waals surface area contributed by atoms with Crippen LogP contribution in [0.3, 0.4) is 0 Å². The number of carbonyl (C=O) groups excluding carboxylic acids is 1. The van der Waals surface area contributed by atoms with Crippen molar-refractivity contribution in [1.82, 2.24) is 0 Å². The first-order valence-electron chi connectivity index (χ1n) is 9.09. The van der Waals surface area contributed by atoms with Crippen LogP contribution in [-0.2, 0) is 25.4 Å². The number of hydrogen-bond acceptors (Lipinski definition) is 6. The molecule has 1 saturated heterocycles. The van der Waals surface area contributed by atoms with E-state index in [9.17, 15) is 4.79 Å². The van der Waals surface area contributed by atoms with Crippen LogP contribution in [0, 0.1) is 11.7 Å². The molecule has 1 aromatic rings. The van der Waals surface area contributed by atoms with Gasteiger partial charge in [0.25, 0.3) is 0 Å². The summed E-state index contributed by atoms with van der Waals surface area (Å²) < 4.78 is 36.2. The van der Waals surface area contributed by atoms with E-state index in [1.54, 1.807) is 12.1 Å². The molecule has 0 spiro atoms. The first-order valence-corrected chi connectivity index (χ1v) is 9.09. The molecule has 1 aromatic carbocycles. The van der Waals surface area contributed by atoms with E-state index in [1.165, 1.54) is 14.2 Å².